The normalized spacial score (nSPS) is 42.9. The predicted molar refractivity (Wildman–Crippen MR) is 68.0 cm³/mol. The molecule has 0 unspecified atom stereocenters. The van der Waals surface area contributed by atoms with Crippen LogP contribution in [0.25, 0.3) is 0 Å². The Morgan fingerprint density at radius 1 is 1.39 bits per heavy atom. The van der Waals surface area contributed by atoms with Gasteiger partial charge in [0.05, 0.1) is 5.41 Å². The van der Waals surface area contributed by atoms with Crippen LogP contribution in [0.3, 0.4) is 0 Å². The monoisotopic (exact) mass is 262 g/mol. The lowest BCUT2D eigenvalue weighted by molar-refractivity contribution is -0.152. The second-order valence-electron chi connectivity index (χ2n) is 5.88. The van der Waals surface area contributed by atoms with Crippen molar-refractivity contribution in [1.82, 2.24) is 0 Å². The minimum atomic E-state index is -0.189. The van der Waals surface area contributed by atoms with E-state index in [4.69, 9.17) is 16.3 Å². The van der Waals surface area contributed by atoms with Gasteiger partial charge in [-0.05, 0) is 36.2 Å². The molecule has 0 saturated heterocycles. The molecule has 2 nitrogen and oxygen atoms in total. The minimum Gasteiger partial charge on any atom is -0.460 e. The fraction of sp³-hybridized carbons (Fsp3) is 0.533. The number of benzene rings is 1. The molecule has 0 spiro atoms. The summed E-state index contributed by atoms with van der Waals surface area (Å²) in [5, 5.41) is 0.222. The molecule has 4 saturated carbocycles. The van der Waals surface area contributed by atoms with Gasteiger partial charge in [0.1, 0.15) is 6.61 Å². The summed E-state index contributed by atoms with van der Waals surface area (Å²) in [7, 11) is 0. The van der Waals surface area contributed by atoms with E-state index in [0.29, 0.717) is 24.4 Å². The Morgan fingerprint density at radius 3 is 2.72 bits per heavy atom. The SMILES string of the molecule is O=C(OCc1ccccc1)[C@]12C[C@@H]3C[C@H]1[C@H]2[C@H]3Cl. The van der Waals surface area contributed by atoms with Gasteiger partial charge in [-0.3, -0.25) is 4.79 Å². The van der Waals surface area contributed by atoms with E-state index >= 15 is 0 Å². The zero-order chi connectivity index (χ0) is 12.3. The van der Waals surface area contributed by atoms with Crippen LogP contribution >= 0.6 is 11.6 Å². The van der Waals surface area contributed by atoms with Crippen molar-refractivity contribution in [2.24, 2.45) is 23.2 Å². The highest BCUT2D eigenvalue weighted by molar-refractivity contribution is 6.22. The van der Waals surface area contributed by atoms with E-state index in [0.717, 1.165) is 18.4 Å². The number of carbonyl (C=O) groups excluding carboxylic acids is 1. The lowest BCUT2D eigenvalue weighted by Gasteiger charge is -2.11. The summed E-state index contributed by atoms with van der Waals surface area (Å²) in [6.45, 7) is 0.387. The Balaban J connectivity index is 1.44. The van der Waals surface area contributed by atoms with Crippen molar-refractivity contribution in [2.75, 3.05) is 0 Å². The van der Waals surface area contributed by atoms with Gasteiger partial charge in [0.25, 0.3) is 0 Å². The van der Waals surface area contributed by atoms with Crippen molar-refractivity contribution in [3.63, 3.8) is 0 Å². The maximum Gasteiger partial charge on any atom is 0.313 e. The molecule has 1 aromatic rings. The Kier molecular flexibility index (Phi) is 2.12. The van der Waals surface area contributed by atoms with Crippen molar-refractivity contribution in [2.45, 2.75) is 24.8 Å². The van der Waals surface area contributed by atoms with Gasteiger partial charge in [-0.25, -0.2) is 0 Å². The van der Waals surface area contributed by atoms with E-state index in [2.05, 4.69) is 0 Å². The molecule has 18 heavy (non-hydrogen) atoms. The van der Waals surface area contributed by atoms with Gasteiger partial charge in [0.15, 0.2) is 0 Å². The first kappa shape index (κ1) is 10.9. The second-order valence-corrected chi connectivity index (χ2v) is 6.38. The van der Waals surface area contributed by atoms with Crippen LogP contribution in [0.2, 0.25) is 0 Å². The number of carbonyl (C=O) groups is 1. The Labute approximate surface area is 111 Å². The second kappa shape index (κ2) is 3.51. The average Bonchev–Trinajstić information content (AvgIpc) is 2.70. The fourth-order valence-corrected chi connectivity index (χ4v) is 4.90. The summed E-state index contributed by atoms with van der Waals surface area (Å²) in [5.74, 6) is 1.48. The van der Waals surface area contributed by atoms with Crippen molar-refractivity contribution in [3.05, 3.63) is 35.9 Å². The number of hydrogen-bond acceptors (Lipinski definition) is 2. The van der Waals surface area contributed by atoms with Gasteiger partial charge < -0.3 is 4.74 Å². The first-order valence-electron chi connectivity index (χ1n) is 6.59. The van der Waals surface area contributed by atoms with Crippen LogP contribution in [0.1, 0.15) is 18.4 Å². The molecule has 4 aliphatic carbocycles. The number of esters is 1. The zero-order valence-electron chi connectivity index (χ0n) is 10.0. The number of halogens is 1. The highest BCUT2D eigenvalue weighted by atomic mass is 35.5. The molecule has 0 amide bonds. The molecule has 0 aliphatic heterocycles. The third kappa shape index (κ3) is 1.22. The Bertz CT molecular complexity index is 500. The third-order valence-electron chi connectivity index (χ3n) is 5.12. The Morgan fingerprint density at radius 2 is 2.17 bits per heavy atom. The summed E-state index contributed by atoms with van der Waals surface area (Å²) in [5.41, 5.74) is 0.860. The van der Waals surface area contributed by atoms with Gasteiger partial charge in [0, 0.05) is 5.38 Å². The summed E-state index contributed by atoms with van der Waals surface area (Å²) in [6.07, 6.45) is 2.10. The molecule has 4 fully saturated rings. The van der Waals surface area contributed by atoms with Crippen molar-refractivity contribution < 1.29 is 9.53 Å². The average molecular weight is 263 g/mol. The van der Waals surface area contributed by atoms with E-state index in [-0.39, 0.29) is 16.8 Å². The van der Waals surface area contributed by atoms with Crippen molar-refractivity contribution >= 4 is 17.6 Å². The highest BCUT2D eigenvalue weighted by Gasteiger charge is 2.82. The highest BCUT2D eigenvalue weighted by Crippen LogP contribution is 2.80. The first-order valence-corrected chi connectivity index (χ1v) is 7.02. The Hall–Kier alpha value is -1.02. The van der Waals surface area contributed by atoms with Gasteiger partial charge in [-0.1, -0.05) is 30.3 Å². The maximum atomic E-state index is 12.3. The number of alkyl halides is 1. The molecular formula is C15H15ClO2. The molecule has 5 rings (SSSR count). The summed E-state index contributed by atoms with van der Waals surface area (Å²) >= 11 is 6.34. The summed E-state index contributed by atoms with van der Waals surface area (Å²) in [6, 6.07) is 9.85. The van der Waals surface area contributed by atoms with Gasteiger partial charge in [0.2, 0.25) is 0 Å². The number of hydrogen-bond donors (Lipinski definition) is 0. The van der Waals surface area contributed by atoms with E-state index in [1.807, 2.05) is 30.3 Å². The van der Waals surface area contributed by atoms with Crippen LogP contribution in [0.15, 0.2) is 30.3 Å². The van der Waals surface area contributed by atoms with Crippen LogP contribution in [0, 0.1) is 23.2 Å². The molecule has 1 aromatic carbocycles. The maximum absolute atomic E-state index is 12.3. The van der Waals surface area contributed by atoms with Crippen LogP contribution in [-0.4, -0.2) is 11.3 Å². The van der Waals surface area contributed by atoms with E-state index in [1.165, 1.54) is 0 Å². The molecule has 3 heteroatoms. The standard InChI is InChI=1S/C15H15ClO2/c16-13-10-6-11-12(13)15(11,7-10)14(17)18-8-9-4-2-1-3-5-9/h1-5,10-13H,6-8H2/t10-,11-,12-,13-,15+/m0/s1. The molecule has 0 radical (unpaired) electrons. The van der Waals surface area contributed by atoms with Gasteiger partial charge in [-0.2, -0.15) is 0 Å². The number of ether oxygens (including phenoxy) is 1. The smallest absolute Gasteiger partial charge is 0.313 e. The summed E-state index contributed by atoms with van der Waals surface area (Å²) in [4.78, 5) is 12.3. The summed E-state index contributed by atoms with van der Waals surface area (Å²) < 4.78 is 5.50. The van der Waals surface area contributed by atoms with Crippen LogP contribution in [-0.2, 0) is 16.1 Å². The molecule has 5 atom stereocenters. The van der Waals surface area contributed by atoms with Crippen molar-refractivity contribution in [3.8, 4) is 0 Å². The largest absolute Gasteiger partial charge is 0.460 e. The molecule has 94 valence electrons. The van der Waals surface area contributed by atoms with Crippen LogP contribution in [0.5, 0.6) is 0 Å². The van der Waals surface area contributed by atoms with Crippen LogP contribution < -0.4 is 0 Å². The van der Waals surface area contributed by atoms with Crippen molar-refractivity contribution in [1.29, 1.82) is 0 Å². The predicted octanol–water partition coefficient (Wildman–Crippen LogP) is 2.99. The quantitative estimate of drug-likeness (QED) is 0.618. The van der Waals surface area contributed by atoms with E-state index in [1.54, 1.807) is 0 Å². The van der Waals surface area contributed by atoms with Crippen LogP contribution in [0.4, 0.5) is 0 Å². The van der Waals surface area contributed by atoms with E-state index < -0.39 is 0 Å². The molecule has 0 heterocycles. The molecule has 0 aromatic heterocycles. The minimum absolute atomic E-state index is 0.00740. The third-order valence-corrected chi connectivity index (χ3v) is 5.75. The lowest BCUT2D eigenvalue weighted by Crippen LogP contribution is -2.19. The van der Waals surface area contributed by atoms with Gasteiger partial charge >= 0.3 is 5.97 Å². The zero-order valence-corrected chi connectivity index (χ0v) is 10.8. The first-order chi connectivity index (χ1) is 8.73. The molecular weight excluding hydrogens is 248 g/mol. The molecule has 4 aliphatic rings. The van der Waals surface area contributed by atoms with Gasteiger partial charge in [-0.15, -0.1) is 11.6 Å². The topological polar surface area (TPSA) is 26.3 Å². The fourth-order valence-electron chi connectivity index (χ4n) is 4.31. The number of rotatable bonds is 3. The lowest BCUT2D eigenvalue weighted by atomic mass is 10.1. The molecule has 4 bridgehead atoms. The molecule has 0 N–H and O–H groups in total. The van der Waals surface area contributed by atoms with E-state index in [9.17, 15) is 4.79 Å².